The Morgan fingerprint density at radius 2 is 1.69 bits per heavy atom. The van der Waals surface area contributed by atoms with Crippen molar-refractivity contribution in [2.24, 2.45) is 0 Å². The van der Waals surface area contributed by atoms with Crippen LogP contribution in [0.4, 0.5) is 5.82 Å². The lowest BCUT2D eigenvalue weighted by atomic mass is 10.1. The van der Waals surface area contributed by atoms with E-state index < -0.39 is 0 Å². The van der Waals surface area contributed by atoms with Crippen molar-refractivity contribution < 1.29 is 9.53 Å². The maximum absolute atomic E-state index is 12.9. The molecule has 35 heavy (non-hydrogen) atoms. The number of nitrogens with zero attached hydrogens (tertiary/aromatic N) is 2. The smallest absolute Gasteiger partial charge is 0.256 e. The highest BCUT2D eigenvalue weighted by Gasteiger charge is 2.13. The van der Waals surface area contributed by atoms with Gasteiger partial charge in [-0.1, -0.05) is 72.3 Å². The number of fused-ring (bicyclic) bond motifs is 1. The van der Waals surface area contributed by atoms with Crippen LogP contribution in [0, 0.1) is 6.92 Å². The van der Waals surface area contributed by atoms with Crippen LogP contribution >= 0.6 is 11.6 Å². The molecule has 5 aromatic rings. The van der Waals surface area contributed by atoms with Crippen molar-refractivity contribution in [1.82, 2.24) is 9.78 Å². The molecule has 0 spiro atoms. The van der Waals surface area contributed by atoms with Crippen LogP contribution in [0.15, 0.2) is 97.1 Å². The molecule has 1 amide bonds. The Labute approximate surface area is 208 Å². The first-order valence-corrected chi connectivity index (χ1v) is 11.7. The summed E-state index contributed by atoms with van der Waals surface area (Å²) in [6.07, 6.45) is 0. The molecule has 6 heteroatoms. The highest BCUT2D eigenvalue weighted by Crippen LogP contribution is 2.26. The van der Waals surface area contributed by atoms with Gasteiger partial charge in [-0.3, -0.25) is 9.48 Å². The minimum Gasteiger partial charge on any atom is -0.489 e. The number of carbonyl (C=O) groups excluding carboxylic acids is 1. The number of anilines is 1. The Bertz CT molecular complexity index is 1490. The van der Waals surface area contributed by atoms with Gasteiger partial charge in [0.05, 0.1) is 6.54 Å². The Balaban J connectivity index is 1.32. The number of aromatic nitrogens is 2. The van der Waals surface area contributed by atoms with E-state index in [2.05, 4.69) is 10.4 Å². The zero-order valence-electron chi connectivity index (χ0n) is 19.2. The van der Waals surface area contributed by atoms with Crippen LogP contribution in [0.1, 0.15) is 27.2 Å². The second kappa shape index (κ2) is 10.0. The summed E-state index contributed by atoms with van der Waals surface area (Å²) in [4.78, 5) is 12.9. The van der Waals surface area contributed by atoms with E-state index in [1.807, 2.05) is 109 Å². The highest BCUT2D eigenvalue weighted by molar-refractivity contribution is 6.30. The molecule has 5 rings (SSSR count). The van der Waals surface area contributed by atoms with Gasteiger partial charge in [-0.25, -0.2) is 0 Å². The average molecular weight is 482 g/mol. The molecule has 0 saturated carbocycles. The Hall–Kier alpha value is -4.09. The Morgan fingerprint density at radius 3 is 2.51 bits per heavy atom. The number of rotatable bonds is 7. The maximum atomic E-state index is 12.9. The summed E-state index contributed by atoms with van der Waals surface area (Å²) in [6, 6.07) is 31.1. The van der Waals surface area contributed by atoms with Crippen LogP contribution in [0.25, 0.3) is 10.8 Å². The standard InChI is InChI=1S/C29H24ClN3O2/c1-20-15-28(31-29(34)24-12-11-22-9-5-6-10-23(22)16-24)32-33(20)18-25-17-26(30)13-14-27(25)35-19-21-7-3-2-4-8-21/h2-17H,18-19H2,1H3,(H,31,32,34). The van der Waals surface area contributed by atoms with Gasteiger partial charge < -0.3 is 10.1 Å². The lowest BCUT2D eigenvalue weighted by Crippen LogP contribution is -2.13. The van der Waals surface area contributed by atoms with Crippen molar-refractivity contribution in [2.75, 3.05) is 5.32 Å². The van der Waals surface area contributed by atoms with E-state index in [-0.39, 0.29) is 5.91 Å². The zero-order chi connectivity index (χ0) is 24.2. The van der Waals surface area contributed by atoms with Gasteiger partial charge in [0.2, 0.25) is 0 Å². The fourth-order valence-electron chi connectivity index (χ4n) is 3.96. The van der Waals surface area contributed by atoms with Gasteiger partial charge in [0.25, 0.3) is 5.91 Å². The maximum Gasteiger partial charge on any atom is 0.256 e. The zero-order valence-corrected chi connectivity index (χ0v) is 20.0. The number of hydrogen-bond donors (Lipinski definition) is 1. The van der Waals surface area contributed by atoms with Crippen LogP contribution < -0.4 is 10.1 Å². The lowest BCUT2D eigenvalue weighted by molar-refractivity contribution is 0.102. The third kappa shape index (κ3) is 5.36. The monoisotopic (exact) mass is 481 g/mol. The van der Waals surface area contributed by atoms with Gasteiger partial charge in [0.1, 0.15) is 12.4 Å². The minimum absolute atomic E-state index is 0.199. The van der Waals surface area contributed by atoms with E-state index >= 15 is 0 Å². The molecule has 4 aromatic carbocycles. The molecule has 0 atom stereocenters. The molecule has 0 bridgehead atoms. The normalized spacial score (nSPS) is 10.9. The highest BCUT2D eigenvalue weighted by atomic mass is 35.5. The summed E-state index contributed by atoms with van der Waals surface area (Å²) in [5, 5.41) is 10.3. The van der Waals surface area contributed by atoms with Gasteiger partial charge in [-0.15, -0.1) is 0 Å². The van der Waals surface area contributed by atoms with Gasteiger partial charge >= 0.3 is 0 Å². The summed E-state index contributed by atoms with van der Waals surface area (Å²) in [5.41, 5.74) is 3.49. The van der Waals surface area contributed by atoms with Crippen molar-refractivity contribution in [3.63, 3.8) is 0 Å². The first kappa shape index (κ1) is 22.7. The van der Waals surface area contributed by atoms with E-state index in [4.69, 9.17) is 16.3 Å². The summed E-state index contributed by atoms with van der Waals surface area (Å²) in [5.74, 6) is 1.04. The molecule has 5 nitrogen and oxygen atoms in total. The third-order valence-corrected chi connectivity index (χ3v) is 6.05. The third-order valence-electron chi connectivity index (χ3n) is 5.81. The Morgan fingerprint density at radius 1 is 0.914 bits per heavy atom. The molecule has 174 valence electrons. The van der Waals surface area contributed by atoms with Crippen LogP contribution in [0.5, 0.6) is 5.75 Å². The second-order valence-corrected chi connectivity index (χ2v) is 8.81. The van der Waals surface area contributed by atoms with Crippen molar-refractivity contribution in [3.8, 4) is 5.75 Å². The number of carbonyl (C=O) groups is 1. The van der Waals surface area contributed by atoms with E-state index in [9.17, 15) is 4.79 Å². The molecule has 1 heterocycles. The predicted octanol–water partition coefficient (Wildman–Crippen LogP) is 6.88. The molecule has 1 aromatic heterocycles. The number of halogens is 1. The number of hydrogen-bond acceptors (Lipinski definition) is 3. The number of benzene rings is 4. The molecule has 0 unspecified atom stereocenters. The quantitative estimate of drug-likeness (QED) is 0.275. The minimum atomic E-state index is -0.199. The summed E-state index contributed by atoms with van der Waals surface area (Å²) < 4.78 is 7.92. The molecule has 0 aliphatic carbocycles. The van der Waals surface area contributed by atoms with Gasteiger partial charge in [-0.05, 0) is 53.6 Å². The van der Waals surface area contributed by atoms with Crippen molar-refractivity contribution in [1.29, 1.82) is 0 Å². The first-order chi connectivity index (χ1) is 17.0. The van der Waals surface area contributed by atoms with Crippen LogP contribution in [-0.2, 0) is 13.2 Å². The number of nitrogens with one attached hydrogen (secondary N) is 1. The molecule has 0 aliphatic rings. The van der Waals surface area contributed by atoms with Crippen LogP contribution in [0.2, 0.25) is 5.02 Å². The van der Waals surface area contributed by atoms with Crippen molar-refractivity contribution in [2.45, 2.75) is 20.1 Å². The summed E-state index contributed by atoms with van der Waals surface area (Å²) in [7, 11) is 0. The van der Waals surface area contributed by atoms with Crippen LogP contribution in [-0.4, -0.2) is 15.7 Å². The molecule has 0 radical (unpaired) electrons. The number of ether oxygens (including phenoxy) is 1. The number of aryl methyl sites for hydroxylation is 1. The molecule has 0 fully saturated rings. The molecule has 1 N–H and O–H groups in total. The molecular weight excluding hydrogens is 458 g/mol. The van der Waals surface area contributed by atoms with E-state index in [0.29, 0.717) is 29.6 Å². The van der Waals surface area contributed by atoms with Crippen LogP contribution in [0.3, 0.4) is 0 Å². The molecule has 0 aliphatic heterocycles. The number of amides is 1. The predicted molar refractivity (Wildman–Crippen MR) is 140 cm³/mol. The molecule has 0 saturated heterocycles. The lowest BCUT2D eigenvalue weighted by Gasteiger charge is -2.13. The summed E-state index contributed by atoms with van der Waals surface area (Å²) in [6.45, 7) is 2.87. The van der Waals surface area contributed by atoms with Crippen molar-refractivity contribution in [3.05, 3.63) is 124 Å². The van der Waals surface area contributed by atoms with Gasteiger partial charge in [-0.2, -0.15) is 5.10 Å². The van der Waals surface area contributed by atoms with E-state index in [1.165, 1.54) is 0 Å². The topological polar surface area (TPSA) is 56.2 Å². The molecular formula is C29H24ClN3O2. The SMILES string of the molecule is Cc1cc(NC(=O)c2ccc3ccccc3c2)nn1Cc1cc(Cl)ccc1OCc1ccccc1. The first-order valence-electron chi connectivity index (χ1n) is 11.3. The van der Waals surface area contributed by atoms with Gasteiger partial charge in [0, 0.05) is 27.9 Å². The average Bonchev–Trinajstić information content (AvgIpc) is 3.22. The fourth-order valence-corrected chi connectivity index (χ4v) is 4.15. The van der Waals surface area contributed by atoms with E-state index in [0.717, 1.165) is 33.3 Å². The second-order valence-electron chi connectivity index (χ2n) is 8.37. The van der Waals surface area contributed by atoms with Gasteiger partial charge in [0.15, 0.2) is 5.82 Å². The van der Waals surface area contributed by atoms with E-state index in [1.54, 1.807) is 0 Å². The largest absolute Gasteiger partial charge is 0.489 e. The fraction of sp³-hybridized carbons (Fsp3) is 0.103. The van der Waals surface area contributed by atoms with Crippen molar-refractivity contribution >= 4 is 34.1 Å². The summed E-state index contributed by atoms with van der Waals surface area (Å²) >= 11 is 6.28. The Kier molecular flexibility index (Phi) is 6.51.